The Bertz CT molecular complexity index is 725. The van der Waals surface area contributed by atoms with Crippen LogP contribution in [-0.2, 0) is 19.5 Å². The molecule has 7 heteroatoms. The van der Waals surface area contributed by atoms with Gasteiger partial charge in [0.15, 0.2) is 5.96 Å². The van der Waals surface area contributed by atoms with E-state index < -0.39 is 0 Å². The SMILES string of the molecule is CCc1nncn1CCNC(=NCC(C)C)N(C)Cc1ccccc1OC. The van der Waals surface area contributed by atoms with Crippen molar-refractivity contribution in [2.75, 3.05) is 27.2 Å². The number of aromatic nitrogens is 3. The van der Waals surface area contributed by atoms with Gasteiger partial charge in [0.2, 0.25) is 0 Å². The van der Waals surface area contributed by atoms with Crippen LogP contribution in [0.3, 0.4) is 0 Å². The lowest BCUT2D eigenvalue weighted by molar-refractivity contribution is 0.395. The van der Waals surface area contributed by atoms with Crippen molar-refractivity contribution in [2.45, 2.75) is 40.3 Å². The second kappa shape index (κ2) is 10.5. The second-order valence-electron chi connectivity index (χ2n) is 6.95. The quantitative estimate of drug-likeness (QED) is 0.541. The zero-order valence-corrected chi connectivity index (χ0v) is 17.1. The third-order valence-electron chi connectivity index (χ3n) is 4.22. The first-order chi connectivity index (χ1) is 13.0. The fraction of sp³-hybridized carbons (Fsp3) is 0.550. The Kier molecular flexibility index (Phi) is 8.10. The molecule has 0 saturated heterocycles. The Morgan fingerprint density at radius 2 is 2.11 bits per heavy atom. The topological polar surface area (TPSA) is 67.6 Å². The summed E-state index contributed by atoms with van der Waals surface area (Å²) in [7, 11) is 3.75. The summed E-state index contributed by atoms with van der Waals surface area (Å²) in [6.07, 6.45) is 2.66. The number of guanidine groups is 1. The predicted octanol–water partition coefficient (Wildman–Crippen LogP) is 2.58. The molecule has 0 aliphatic heterocycles. The molecule has 0 saturated carbocycles. The molecule has 0 aliphatic rings. The van der Waals surface area contributed by atoms with Crippen LogP contribution >= 0.6 is 0 Å². The van der Waals surface area contributed by atoms with E-state index >= 15 is 0 Å². The molecule has 1 N–H and O–H groups in total. The van der Waals surface area contributed by atoms with Crippen molar-refractivity contribution in [3.05, 3.63) is 42.0 Å². The van der Waals surface area contributed by atoms with Crippen molar-refractivity contribution in [2.24, 2.45) is 10.9 Å². The van der Waals surface area contributed by atoms with Crippen LogP contribution in [0, 0.1) is 5.92 Å². The highest BCUT2D eigenvalue weighted by Crippen LogP contribution is 2.18. The standard InChI is InChI=1S/C20H32N6O/c1-6-19-24-23-15-26(19)12-11-21-20(22-13-16(2)3)25(4)14-17-9-7-8-10-18(17)27-5/h7-10,15-16H,6,11-14H2,1-5H3,(H,21,22). The largest absolute Gasteiger partial charge is 0.496 e. The van der Waals surface area contributed by atoms with Gasteiger partial charge in [-0.25, -0.2) is 0 Å². The van der Waals surface area contributed by atoms with Gasteiger partial charge in [-0.1, -0.05) is 39.0 Å². The third kappa shape index (κ3) is 6.27. The number of hydrogen-bond donors (Lipinski definition) is 1. The van der Waals surface area contributed by atoms with Crippen molar-refractivity contribution in [1.29, 1.82) is 0 Å². The fourth-order valence-corrected chi connectivity index (χ4v) is 2.77. The number of benzene rings is 1. The third-order valence-corrected chi connectivity index (χ3v) is 4.22. The number of aryl methyl sites for hydroxylation is 1. The lowest BCUT2D eigenvalue weighted by atomic mass is 10.2. The fourth-order valence-electron chi connectivity index (χ4n) is 2.77. The molecule has 2 rings (SSSR count). The van der Waals surface area contributed by atoms with Crippen molar-refractivity contribution < 1.29 is 4.74 Å². The molecule has 1 heterocycles. The van der Waals surface area contributed by atoms with E-state index in [1.54, 1.807) is 13.4 Å². The second-order valence-corrected chi connectivity index (χ2v) is 6.95. The molecule has 0 atom stereocenters. The molecule has 0 unspecified atom stereocenters. The van der Waals surface area contributed by atoms with Gasteiger partial charge in [-0.15, -0.1) is 10.2 Å². The molecule has 0 bridgehead atoms. The number of para-hydroxylation sites is 1. The molecule has 27 heavy (non-hydrogen) atoms. The summed E-state index contributed by atoms with van der Waals surface area (Å²) in [5, 5.41) is 11.6. The summed E-state index contributed by atoms with van der Waals surface area (Å²) in [5.74, 6) is 3.29. The van der Waals surface area contributed by atoms with Gasteiger partial charge in [0, 0.05) is 45.2 Å². The van der Waals surface area contributed by atoms with Crippen LogP contribution in [0.15, 0.2) is 35.6 Å². The highest BCUT2D eigenvalue weighted by molar-refractivity contribution is 5.79. The molecular weight excluding hydrogens is 340 g/mol. The van der Waals surface area contributed by atoms with Crippen molar-refractivity contribution in [1.82, 2.24) is 25.0 Å². The molecule has 0 aliphatic carbocycles. The lowest BCUT2D eigenvalue weighted by Crippen LogP contribution is -2.40. The maximum atomic E-state index is 5.48. The summed E-state index contributed by atoms with van der Waals surface area (Å²) in [6.45, 7) is 9.51. The highest BCUT2D eigenvalue weighted by Gasteiger charge is 2.11. The molecule has 7 nitrogen and oxygen atoms in total. The van der Waals surface area contributed by atoms with E-state index in [0.29, 0.717) is 5.92 Å². The van der Waals surface area contributed by atoms with Crippen LogP contribution in [-0.4, -0.2) is 52.9 Å². The van der Waals surface area contributed by atoms with E-state index in [1.165, 1.54) is 0 Å². The zero-order valence-electron chi connectivity index (χ0n) is 17.1. The van der Waals surface area contributed by atoms with Gasteiger partial charge in [0.25, 0.3) is 0 Å². The Morgan fingerprint density at radius 3 is 2.81 bits per heavy atom. The van der Waals surface area contributed by atoms with Crippen molar-refractivity contribution in [3.63, 3.8) is 0 Å². The zero-order chi connectivity index (χ0) is 19.6. The summed E-state index contributed by atoms with van der Waals surface area (Å²) in [6, 6.07) is 8.08. The van der Waals surface area contributed by atoms with E-state index in [1.807, 2.05) is 18.2 Å². The van der Waals surface area contributed by atoms with Gasteiger partial charge >= 0.3 is 0 Å². The monoisotopic (exact) mass is 372 g/mol. The Labute approximate surface area is 162 Å². The van der Waals surface area contributed by atoms with Gasteiger partial charge < -0.3 is 19.5 Å². The maximum Gasteiger partial charge on any atom is 0.194 e. The number of nitrogens with zero attached hydrogens (tertiary/aromatic N) is 5. The Morgan fingerprint density at radius 1 is 1.33 bits per heavy atom. The Hall–Kier alpha value is -2.57. The Balaban J connectivity index is 2.03. The summed E-state index contributed by atoms with van der Waals surface area (Å²) in [4.78, 5) is 6.92. The summed E-state index contributed by atoms with van der Waals surface area (Å²) in [5.41, 5.74) is 1.13. The molecule has 0 spiro atoms. The minimum Gasteiger partial charge on any atom is -0.496 e. The first-order valence-corrected chi connectivity index (χ1v) is 9.53. The molecule has 148 valence electrons. The van der Waals surface area contributed by atoms with Crippen LogP contribution in [0.4, 0.5) is 0 Å². The lowest BCUT2D eigenvalue weighted by Gasteiger charge is -2.24. The number of hydrogen-bond acceptors (Lipinski definition) is 4. The molecule has 0 amide bonds. The normalized spacial score (nSPS) is 11.7. The minimum absolute atomic E-state index is 0.506. The van der Waals surface area contributed by atoms with Crippen LogP contribution in [0.5, 0.6) is 5.75 Å². The van der Waals surface area contributed by atoms with E-state index in [9.17, 15) is 0 Å². The average Bonchev–Trinajstić information content (AvgIpc) is 3.12. The predicted molar refractivity (Wildman–Crippen MR) is 109 cm³/mol. The highest BCUT2D eigenvalue weighted by atomic mass is 16.5. The van der Waals surface area contributed by atoms with Crippen LogP contribution < -0.4 is 10.1 Å². The van der Waals surface area contributed by atoms with Gasteiger partial charge in [0.1, 0.15) is 17.9 Å². The van der Waals surface area contributed by atoms with Crippen molar-refractivity contribution in [3.8, 4) is 5.75 Å². The van der Waals surface area contributed by atoms with E-state index in [0.717, 1.165) is 55.7 Å². The smallest absolute Gasteiger partial charge is 0.194 e. The van der Waals surface area contributed by atoms with Gasteiger partial charge in [-0.3, -0.25) is 4.99 Å². The van der Waals surface area contributed by atoms with E-state index in [-0.39, 0.29) is 0 Å². The molecule has 0 radical (unpaired) electrons. The molecule has 1 aromatic heterocycles. The van der Waals surface area contributed by atoms with E-state index in [4.69, 9.17) is 9.73 Å². The molecule has 2 aromatic rings. The van der Waals surface area contributed by atoms with Crippen LogP contribution in [0.25, 0.3) is 0 Å². The average molecular weight is 373 g/mol. The number of ether oxygens (including phenoxy) is 1. The minimum atomic E-state index is 0.506. The van der Waals surface area contributed by atoms with Gasteiger partial charge in [0.05, 0.1) is 7.11 Å². The number of aliphatic imine (C=N–C) groups is 1. The maximum absolute atomic E-state index is 5.48. The number of methoxy groups -OCH3 is 1. The van der Waals surface area contributed by atoms with Crippen molar-refractivity contribution >= 4 is 5.96 Å². The molecular formula is C20H32N6O. The molecule has 0 fully saturated rings. The van der Waals surface area contributed by atoms with Crippen LogP contribution in [0.1, 0.15) is 32.2 Å². The first-order valence-electron chi connectivity index (χ1n) is 9.53. The van der Waals surface area contributed by atoms with Gasteiger partial charge in [-0.05, 0) is 12.0 Å². The number of nitrogens with one attached hydrogen (secondary N) is 1. The first kappa shape index (κ1) is 20.7. The number of rotatable bonds is 9. The van der Waals surface area contributed by atoms with Crippen LogP contribution in [0.2, 0.25) is 0 Å². The molecule has 1 aromatic carbocycles. The van der Waals surface area contributed by atoms with E-state index in [2.05, 4.69) is 58.9 Å². The summed E-state index contributed by atoms with van der Waals surface area (Å²) < 4.78 is 7.55. The van der Waals surface area contributed by atoms with Gasteiger partial charge in [-0.2, -0.15) is 0 Å². The summed E-state index contributed by atoms with van der Waals surface area (Å²) >= 11 is 0.